The normalized spacial score (nSPS) is 11.0. The summed E-state index contributed by atoms with van der Waals surface area (Å²) in [6.07, 6.45) is 5.49. The Morgan fingerprint density at radius 1 is 1.27 bits per heavy atom. The van der Waals surface area contributed by atoms with E-state index in [0.29, 0.717) is 0 Å². The maximum absolute atomic E-state index is 4.30. The van der Waals surface area contributed by atoms with Crippen molar-refractivity contribution in [2.24, 2.45) is 7.05 Å². The van der Waals surface area contributed by atoms with Crippen LogP contribution in [0.3, 0.4) is 0 Å². The molecular weight excluding hydrogens is 188 g/mol. The molecule has 2 heterocycles. The topological polar surface area (TPSA) is 46.5 Å². The standard InChI is InChI=1S/C11H10N4/c1-15-5-11(14-7-15)8-2-3-9-10(4-8)13-6-12-9/h2-7H,1H3,(H,12,13). The van der Waals surface area contributed by atoms with Gasteiger partial charge in [-0.15, -0.1) is 0 Å². The van der Waals surface area contributed by atoms with E-state index < -0.39 is 0 Å². The average Bonchev–Trinajstić information content (AvgIpc) is 2.84. The number of hydrogen-bond acceptors (Lipinski definition) is 2. The fourth-order valence-corrected chi connectivity index (χ4v) is 1.65. The van der Waals surface area contributed by atoms with Crippen molar-refractivity contribution < 1.29 is 0 Å². The van der Waals surface area contributed by atoms with E-state index in [4.69, 9.17) is 0 Å². The number of nitrogens with zero attached hydrogens (tertiary/aromatic N) is 3. The molecule has 0 amide bonds. The Morgan fingerprint density at radius 3 is 3.00 bits per heavy atom. The van der Waals surface area contributed by atoms with E-state index in [1.807, 2.05) is 36.0 Å². The fraction of sp³-hybridized carbons (Fsp3) is 0.0909. The molecule has 3 aromatic rings. The molecule has 1 aromatic carbocycles. The lowest BCUT2D eigenvalue weighted by molar-refractivity contribution is 0.913. The highest BCUT2D eigenvalue weighted by Crippen LogP contribution is 2.20. The quantitative estimate of drug-likeness (QED) is 0.649. The molecule has 0 saturated carbocycles. The Bertz CT molecular complexity index is 606. The molecule has 2 aromatic heterocycles. The van der Waals surface area contributed by atoms with E-state index in [1.54, 1.807) is 12.7 Å². The van der Waals surface area contributed by atoms with Gasteiger partial charge in [-0.25, -0.2) is 9.97 Å². The Balaban J connectivity index is 2.18. The van der Waals surface area contributed by atoms with Crippen molar-refractivity contribution in [1.82, 2.24) is 19.5 Å². The molecule has 0 spiro atoms. The van der Waals surface area contributed by atoms with E-state index in [0.717, 1.165) is 22.3 Å². The Kier molecular flexibility index (Phi) is 1.62. The van der Waals surface area contributed by atoms with Crippen LogP contribution in [0.15, 0.2) is 37.1 Å². The molecule has 0 bridgehead atoms. The molecule has 0 saturated heterocycles. The molecule has 4 heteroatoms. The van der Waals surface area contributed by atoms with E-state index in [9.17, 15) is 0 Å². The van der Waals surface area contributed by atoms with Crippen molar-refractivity contribution in [1.29, 1.82) is 0 Å². The van der Waals surface area contributed by atoms with Crippen molar-refractivity contribution in [3.63, 3.8) is 0 Å². The molecule has 0 radical (unpaired) electrons. The van der Waals surface area contributed by atoms with Crippen LogP contribution in [-0.2, 0) is 7.05 Å². The summed E-state index contributed by atoms with van der Waals surface area (Å²) >= 11 is 0. The molecule has 0 aliphatic carbocycles. The lowest BCUT2D eigenvalue weighted by atomic mass is 10.1. The minimum atomic E-state index is 0.971. The van der Waals surface area contributed by atoms with Crippen molar-refractivity contribution in [3.8, 4) is 11.3 Å². The van der Waals surface area contributed by atoms with Gasteiger partial charge in [0.25, 0.3) is 0 Å². The average molecular weight is 198 g/mol. The summed E-state index contributed by atoms with van der Waals surface area (Å²) in [5.74, 6) is 0. The van der Waals surface area contributed by atoms with E-state index >= 15 is 0 Å². The van der Waals surface area contributed by atoms with E-state index in [1.165, 1.54) is 0 Å². The van der Waals surface area contributed by atoms with Crippen LogP contribution in [0.5, 0.6) is 0 Å². The maximum atomic E-state index is 4.30. The van der Waals surface area contributed by atoms with Gasteiger partial charge in [0.05, 0.1) is 29.4 Å². The van der Waals surface area contributed by atoms with Crippen LogP contribution in [0, 0.1) is 0 Å². The van der Waals surface area contributed by atoms with Gasteiger partial charge < -0.3 is 9.55 Å². The van der Waals surface area contributed by atoms with Crippen LogP contribution in [0.2, 0.25) is 0 Å². The van der Waals surface area contributed by atoms with Crippen molar-refractivity contribution >= 4 is 11.0 Å². The first-order valence-corrected chi connectivity index (χ1v) is 4.74. The molecule has 4 nitrogen and oxygen atoms in total. The number of hydrogen-bond donors (Lipinski definition) is 1. The van der Waals surface area contributed by atoms with Gasteiger partial charge in [0.1, 0.15) is 0 Å². The Labute approximate surface area is 86.6 Å². The predicted octanol–water partition coefficient (Wildman–Crippen LogP) is 1.96. The van der Waals surface area contributed by atoms with Crippen molar-refractivity contribution in [3.05, 3.63) is 37.1 Å². The van der Waals surface area contributed by atoms with Crippen molar-refractivity contribution in [2.45, 2.75) is 0 Å². The monoisotopic (exact) mass is 198 g/mol. The van der Waals surface area contributed by atoms with Crippen LogP contribution in [0.4, 0.5) is 0 Å². The second-order valence-electron chi connectivity index (χ2n) is 3.56. The minimum Gasteiger partial charge on any atom is -0.345 e. The van der Waals surface area contributed by atoms with Gasteiger partial charge in [0.15, 0.2) is 0 Å². The van der Waals surface area contributed by atoms with Gasteiger partial charge >= 0.3 is 0 Å². The Morgan fingerprint density at radius 2 is 2.20 bits per heavy atom. The molecule has 0 aliphatic rings. The van der Waals surface area contributed by atoms with Gasteiger partial charge in [0.2, 0.25) is 0 Å². The predicted molar refractivity (Wildman–Crippen MR) is 58.3 cm³/mol. The van der Waals surface area contributed by atoms with Gasteiger partial charge in [-0.05, 0) is 12.1 Å². The molecule has 1 N–H and O–H groups in total. The SMILES string of the molecule is Cn1cnc(-c2ccc3[nH]cnc3c2)c1. The maximum Gasteiger partial charge on any atom is 0.0951 e. The number of imidazole rings is 2. The number of fused-ring (bicyclic) bond motifs is 1. The molecule has 74 valence electrons. The summed E-state index contributed by atoms with van der Waals surface area (Å²) in [5, 5.41) is 0. The summed E-state index contributed by atoms with van der Waals surface area (Å²) in [6.45, 7) is 0. The summed E-state index contributed by atoms with van der Waals surface area (Å²) in [5.41, 5.74) is 4.09. The Hall–Kier alpha value is -2.10. The lowest BCUT2D eigenvalue weighted by Gasteiger charge is -1.95. The second kappa shape index (κ2) is 2.95. The van der Waals surface area contributed by atoms with E-state index in [2.05, 4.69) is 15.0 Å². The largest absolute Gasteiger partial charge is 0.345 e. The number of rotatable bonds is 1. The van der Waals surface area contributed by atoms with Crippen LogP contribution in [-0.4, -0.2) is 19.5 Å². The van der Waals surface area contributed by atoms with Crippen molar-refractivity contribution in [2.75, 3.05) is 0 Å². The summed E-state index contributed by atoms with van der Waals surface area (Å²) in [4.78, 5) is 11.6. The zero-order valence-corrected chi connectivity index (χ0v) is 8.31. The van der Waals surface area contributed by atoms with Crippen LogP contribution in [0.1, 0.15) is 0 Å². The highest BCUT2D eigenvalue weighted by atomic mass is 15.0. The number of aryl methyl sites for hydroxylation is 1. The van der Waals surface area contributed by atoms with Gasteiger partial charge in [-0.2, -0.15) is 0 Å². The summed E-state index contributed by atoms with van der Waals surface area (Å²) < 4.78 is 1.93. The third-order valence-corrected chi connectivity index (χ3v) is 2.42. The second-order valence-corrected chi connectivity index (χ2v) is 3.56. The molecule has 3 rings (SSSR count). The first-order valence-electron chi connectivity index (χ1n) is 4.74. The molecule has 0 aliphatic heterocycles. The van der Waals surface area contributed by atoms with Crippen LogP contribution < -0.4 is 0 Å². The number of aromatic nitrogens is 4. The van der Waals surface area contributed by atoms with Crippen LogP contribution in [0.25, 0.3) is 22.3 Å². The summed E-state index contributed by atoms with van der Waals surface area (Å²) in [6, 6.07) is 6.10. The molecule has 0 unspecified atom stereocenters. The smallest absolute Gasteiger partial charge is 0.0951 e. The van der Waals surface area contributed by atoms with Gasteiger partial charge in [0, 0.05) is 18.8 Å². The molecule has 0 fully saturated rings. The lowest BCUT2D eigenvalue weighted by Crippen LogP contribution is -1.79. The first kappa shape index (κ1) is 8.23. The third kappa shape index (κ3) is 1.30. The first-order chi connectivity index (χ1) is 7.33. The fourth-order valence-electron chi connectivity index (χ4n) is 1.65. The van der Waals surface area contributed by atoms with E-state index in [-0.39, 0.29) is 0 Å². The molecule has 15 heavy (non-hydrogen) atoms. The number of benzene rings is 1. The number of H-pyrrole nitrogens is 1. The third-order valence-electron chi connectivity index (χ3n) is 2.42. The molecule has 0 atom stereocenters. The zero-order valence-electron chi connectivity index (χ0n) is 8.31. The number of nitrogens with one attached hydrogen (secondary N) is 1. The molecular formula is C11H10N4. The minimum absolute atomic E-state index is 0.971. The van der Waals surface area contributed by atoms with Gasteiger partial charge in [-0.3, -0.25) is 0 Å². The number of aromatic amines is 1. The highest BCUT2D eigenvalue weighted by molar-refractivity contribution is 5.80. The van der Waals surface area contributed by atoms with Gasteiger partial charge in [-0.1, -0.05) is 6.07 Å². The zero-order chi connectivity index (χ0) is 10.3. The summed E-state index contributed by atoms with van der Waals surface area (Å²) in [7, 11) is 1.96. The van der Waals surface area contributed by atoms with Crippen LogP contribution >= 0.6 is 0 Å². The highest BCUT2D eigenvalue weighted by Gasteiger charge is 2.03.